The zero-order valence-corrected chi connectivity index (χ0v) is 9.63. The van der Waals surface area contributed by atoms with Gasteiger partial charge in [-0.05, 0) is 12.8 Å². The molecule has 3 heteroatoms. The number of benzene rings is 1. The van der Waals surface area contributed by atoms with Gasteiger partial charge in [0.2, 0.25) is 0 Å². The second kappa shape index (κ2) is 5.13. The number of hydrogen-bond acceptors (Lipinski definition) is 2. The van der Waals surface area contributed by atoms with Crippen molar-refractivity contribution >= 4 is 11.8 Å². The Hall–Kier alpha value is -1.64. The van der Waals surface area contributed by atoms with Crippen LogP contribution >= 0.6 is 0 Å². The number of rotatable bonds is 3. The number of carbonyl (C=O) groups is 2. The van der Waals surface area contributed by atoms with Crippen LogP contribution in [-0.4, -0.2) is 16.9 Å². The van der Waals surface area contributed by atoms with Crippen LogP contribution in [-0.2, 0) is 4.79 Å². The molecule has 0 unspecified atom stereocenters. The number of carboxylic acids is 1. The Bertz CT molecular complexity index is 411. The molecule has 0 spiro atoms. The first-order valence-electron chi connectivity index (χ1n) is 6.02. The van der Waals surface area contributed by atoms with Crippen LogP contribution in [0.1, 0.15) is 36.0 Å². The van der Waals surface area contributed by atoms with Crippen LogP contribution in [0.25, 0.3) is 0 Å². The van der Waals surface area contributed by atoms with Crippen LogP contribution in [0.5, 0.6) is 0 Å². The van der Waals surface area contributed by atoms with Crippen LogP contribution in [0.2, 0.25) is 0 Å². The smallest absolute Gasteiger partial charge is 0.307 e. The molecule has 1 fully saturated rings. The van der Waals surface area contributed by atoms with E-state index >= 15 is 0 Å². The highest BCUT2D eigenvalue weighted by Gasteiger charge is 2.35. The maximum absolute atomic E-state index is 12.3. The van der Waals surface area contributed by atoms with E-state index in [0.717, 1.165) is 12.8 Å². The summed E-state index contributed by atoms with van der Waals surface area (Å²) in [5, 5.41) is 9.15. The number of Topliss-reactive ketones (excluding diaryl/α,β-unsaturated/α-hetero) is 1. The van der Waals surface area contributed by atoms with Gasteiger partial charge in [-0.2, -0.15) is 0 Å². The summed E-state index contributed by atoms with van der Waals surface area (Å²) in [6, 6.07) is 9.00. The molecule has 1 aromatic carbocycles. The average molecular weight is 232 g/mol. The van der Waals surface area contributed by atoms with Crippen molar-refractivity contribution in [3.63, 3.8) is 0 Å². The first-order chi connectivity index (χ1) is 8.20. The predicted molar refractivity (Wildman–Crippen MR) is 63.9 cm³/mol. The van der Waals surface area contributed by atoms with Gasteiger partial charge in [0.15, 0.2) is 5.78 Å². The first kappa shape index (κ1) is 11.8. The largest absolute Gasteiger partial charge is 0.481 e. The Morgan fingerprint density at radius 2 is 1.59 bits per heavy atom. The lowest BCUT2D eigenvalue weighted by atomic mass is 9.75. The molecule has 0 radical (unpaired) electrons. The Morgan fingerprint density at radius 1 is 1.00 bits per heavy atom. The van der Waals surface area contributed by atoms with Crippen molar-refractivity contribution in [2.45, 2.75) is 25.7 Å². The molecular weight excluding hydrogens is 216 g/mol. The predicted octanol–water partition coefficient (Wildman–Crippen LogP) is 2.76. The van der Waals surface area contributed by atoms with E-state index in [0.29, 0.717) is 18.4 Å². The highest BCUT2D eigenvalue weighted by molar-refractivity contribution is 5.99. The third kappa shape index (κ3) is 2.54. The fraction of sp³-hybridized carbons (Fsp3) is 0.429. The van der Waals surface area contributed by atoms with Crippen molar-refractivity contribution in [2.24, 2.45) is 11.8 Å². The van der Waals surface area contributed by atoms with E-state index in [9.17, 15) is 9.59 Å². The molecule has 0 saturated heterocycles. The molecule has 1 aliphatic carbocycles. The summed E-state index contributed by atoms with van der Waals surface area (Å²) in [7, 11) is 0. The lowest BCUT2D eigenvalue weighted by molar-refractivity contribution is -0.144. The summed E-state index contributed by atoms with van der Waals surface area (Å²) in [4.78, 5) is 23.4. The van der Waals surface area contributed by atoms with Crippen molar-refractivity contribution in [1.29, 1.82) is 0 Å². The Balaban J connectivity index is 2.20. The second-order valence-electron chi connectivity index (χ2n) is 4.57. The van der Waals surface area contributed by atoms with Gasteiger partial charge in [0.05, 0.1) is 5.92 Å². The summed E-state index contributed by atoms with van der Waals surface area (Å²) < 4.78 is 0. The molecule has 2 rings (SSSR count). The number of hydrogen-bond donors (Lipinski definition) is 1. The van der Waals surface area contributed by atoms with Crippen molar-refractivity contribution in [3.05, 3.63) is 35.9 Å². The quantitative estimate of drug-likeness (QED) is 0.815. The van der Waals surface area contributed by atoms with Gasteiger partial charge in [-0.15, -0.1) is 0 Å². The van der Waals surface area contributed by atoms with E-state index in [1.165, 1.54) is 0 Å². The zero-order valence-electron chi connectivity index (χ0n) is 9.63. The highest BCUT2D eigenvalue weighted by atomic mass is 16.4. The zero-order chi connectivity index (χ0) is 12.3. The Kier molecular flexibility index (Phi) is 3.57. The third-order valence-corrected chi connectivity index (χ3v) is 3.48. The number of carboxylic acid groups (broad SMARTS) is 1. The molecule has 0 aromatic heterocycles. The van der Waals surface area contributed by atoms with Crippen molar-refractivity contribution in [3.8, 4) is 0 Å². The summed E-state index contributed by atoms with van der Waals surface area (Å²) in [6.07, 6.45) is 3.19. The van der Waals surface area contributed by atoms with E-state index in [-0.39, 0.29) is 11.7 Å². The van der Waals surface area contributed by atoms with Gasteiger partial charge in [0, 0.05) is 11.5 Å². The molecule has 0 heterocycles. The van der Waals surface area contributed by atoms with E-state index < -0.39 is 11.9 Å². The molecule has 1 aromatic rings. The van der Waals surface area contributed by atoms with E-state index in [1.54, 1.807) is 12.1 Å². The maximum Gasteiger partial charge on any atom is 0.307 e. The minimum absolute atomic E-state index is 0.0160. The molecule has 90 valence electrons. The molecule has 2 atom stereocenters. The SMILES string of the molecule is O=C(O)[C@@H]1CCCC[C@H]1C(=O)c1ccccc1. The van der Waals surface area contributed by atoms with Crippen molar-refractivity contribution < 1.29 is 14.7 Å². The monoisotopic (exact) mass is 232 g/mol. The topological polar surface area (TPSA) is 54.4 Å². The summed E-state index contributed by atoms with van der Waals surface area (Å²) in [5.41, 5.74) is 0.630. The van der Waals surface area contributed by atoms with Crippen LogP contribution in [0.3, 0.4) is 0 Å². The van der Waals surface area contributed by atoms with Gasteiger partial charge in [-0.1, -0.05) is 43.2 Å². The van der Waals surface area contributed by atoms with E-state index in [1.807, 2.05) is 18.2 Å². The number of carbonyl (C=O) groups excluding carboxylic acids is 1. The standard InChI is InChI=1S/C14H16O3/c15-13(10-6-2-1-3-7-10)11-8-4-5-9-12(11)14(16)17/h1-3,6-7,11-12H,4-5,8-9H2,(H,16,17)/t11-,12-/m1/s1. The molecule has 17 heavy (non-hydrogen) atoms. The van der Waals surface area contributed by atoms with Crippen LogP contribution in [0, 0.1) is 11.8 Å². The van der Waals surface area contributed by atoms with Crippen LogP contribution < -0.4 is 0 Å². The summed E-state index contributed by atoms with van der Waals surface area (Å²) >= 11 is 0. The molecule has 0 bridgehead atoms. The van der Waals surface area contributed by atoms with Gasteiger partial charge < -0.3 is 5.11 Å². The molecule has 1 saturated carbocycles. The lowest BCUT2D eigenvalue weighted by Gasteiger charge is -2.27. The van der Waals surface area contributed by atoms with Gasteiger partial charge in [-0.25, -0.2) is 0 Å². The molecule has 1 N–H and O–H groups in total. The molecular formula is C14H16O3. The van der Waals surface area contributed by atoms with E-state index in [4.69, 9.17) is 5.11 Å². The van der Waals surface area contributed by atoms with E-state index in [2.05, 4.69) is 0 Å². The molecule has 3 nitrogen and oxygen atoms in total. The molecule has 0 aliphatic heterocycles. The fourth-order valence-corrected chi connectivity index (χ4v) is 2.56. The Morgan fingerprint density at radius 3 is 2.18 bits per heavy atom. The minimum Gasteiger partial charge on any atom is -0.481 e. The van der Waals surface area contributed by atoms with Gasteiger partial charge >= 0.3 is 5.97 Å². The van der Waals surface area contributed by atoms with Crippen molar-refractivity contribution in [1.82, 2.24) is 0 Å². The molecule has 0 amide bonds. The fourth-order valence-electron chi connectivity index (χ4n) is 2.56. The highest BCUT2D eigenvalue weighted by Crippen LogP contribution is 2.32. The minimum atomic E-state index is -0.834. The number of ketones is 1. The lowest BCUT2D eigenvalue weighted by Crippen LogP contribution is -2.32. The summed E-state index contributed by atoms with van der Waals surface area (Å²) in [6.45, 7) is 0. The van der Waals surface area contributed by atoms with Crippen LogP contribution in [0.15, 0.2) is 30.3 Å². The van der Waals surface area contributed by atoms with Gasteiger partial charge in [0.25, 0.3) is 0 Å². The second-order valence-corrected chi connectivity index (χ2v) is 4.57. The normalized spacial score (nSPS) is 24.2. The van der Waals surface area contributed by atoms with Crippen LogP contribution in [0.4, 0.5) is 0 Å². The average Bonchev–Trinajstić information content (AvgIpc) is 2.39. The molecule has 1 aliphatic rings. The van der Waals surface area contributed by atoms with Gasteiger partial charge in [-0.3, -0.25) is 9.59 Å². The maximum atomic E-state index is 12.3. The first-order valence-corrected chi connectivity index (χ1v) is 6.02. The van der Waals surface area contributed by atoms with Gasteiger partial charge in [0.1, 0.15) is 0 Å². The number of aliphatic carboxylic acids is 1. The Labute approximate surface area is 100 Å². The third-order valence-electron chi connectivity index (χ3n) is 3.48. The van der Waals surface area contributed by atoms with Crippen molar-refractivity contribution in [2.75, 3.05) is 0 Å². The summed E-state index contributed by atoms with van der Waals surface area (Å²) in [5.74, 6) is -1.70.